The smallest absolute Gasteiger partial charge is 0.222 e. The molecule has 0 radical (unpaired) electrons. The lowest BCUT2D eigenvalue weighted by Crippen LogP contribution is -2.40. The van der Waals surface area contributed by atoms with E-state index in [1.54, 1.807) is 12.0 Å². The van der Waals surface area contributed by atoms with Crippen molar-refractivity contribution < 1.29 is 14.6 Å². The van der Waals surface area contributed by atoms with Gasteiger partial charge in [0.25, 0.3) is 0 Å². The first kappa shape index (κ1) is 13.4. The minimum atomic E-state index is 0.0714. The van der Waals surface area contributed by atoms with E-state index >= 15 is 0 Å². The summed E-state index contributed by atoms with van der Waals surface area (Å²) >= 11 is 0. The number of carbonyl (C=O) groups is 1. The molecule has 0 saturated heterocycles. The van der Waals surface area contributed by atoms with Gasteiger partial charge in [-0.25, -0.2) is 0 Å². The van der Waals surface area contributed by atoms with E-state index in [4.69, 9.17) is 9.84 Å². The molecule has 0 aromatic carbocycles. The monoisotopic (exact) mass is 203 g/mol. The SMILES string of the molecule is CCN(C(=O)CCCO)C(C)COC. The third-order valence-electron chi connectivity index (χ3n) is 2.15. The van der Waals surface area contributed by atoms with E-state index in [9.17, 15) is 4.79 Å². The summed E-state index contributed by atoms with van der Waals surface area (Å²) in [6.07, 6.45) is 0.952. The van der Waals surface area contributed by atoms with Crippen LogP contribution in [0.4, 0.5) is 0 Å². The molecular weight excluding hydrogens is 182 g/mol. The Kier molecular flexibility index (Phi) is 7.42. The number of methoxy groups -OCH3 is 1. The van der Waals surface area contributed by atoms with E-state index in [0.29, 0.717) is 26.0 Å². The van der Waals surface area contributed by atoms with E-state index in [1.807, 2.05) is 13.8 Å². The van der Waals surface area contributed by atoms with Gasteiger partial charge < -0.3 is 14.7 Å². The molecule has 0 fully saturated rings. The maximum Gasteiger partial charge on any atom is 0.222 e. The van der Waals surface area contributed by atoms with Crippen molar-refractivity contribution in [3.63, 3.8) is 0 Å². The number of carbonyl (C=O) groups excluding carboxylic acids is 1. The predicted molar refractivity (Wildman–Crippen MR) is 55.0 cm³/mol. The van der Waals surface area contributed by atoms with Gasteiger partial charge in [0.05, 0.1) is 12.6 Å². The van der Waals surface area contributed by atoms with Crippen LogP contribution in [0.3, 0.4) is 0 Å². The number of aliphatic hydroxyl groups excluding tert-OH is 1. The summed E-state index contributed by atoms with van der Waals surface area (Å²) in [6, 6.07) is 0.108. The Morgan fingerprint density at radius 3 is 2.64 bits per heavy atom. The molecule has 0 spiro atoms. The molecule has 0 saturated carbocycles. The fourth-order valence-electron chi connectivity index (χ4n) is 1.44. The minimum absolute atomic E-state index is 0.0714. The Bertz CT molecular complexity index is 161. The Hall–Kier alpha value is -0.610. The van der Waals surface area contributed by atoms with Gasteiger partial charge in [-0.3, -0.25) is 4.79 Å². The quantitative estimate of drug-likeness (QED) is 0.660. The third-order valence-corrected chi connectivity index (χ3v) is 2.15. The van der Waals surface area contributed by atoms with Crippen molar-refractivity contribution in [2.75, 3.05) is 26.9 Å². The maximum atomic E-state index is 11.6. The van der Waals surface area contributed by atoms with Crippen LogP contribution in [-0.2, 0) is 9.53 Å². The van der Waals surface area contributed by atoms with Crippen molar-refractivity contribution in [3.05, 3.63) is 0 Å². The zero-order chi connectivity index (χ0) is 11.0. The summed E-state index contributed by atoms with van der Waals surface area (Å²) in [5.41, 5.74) is 0. The fraction of sp³-hybridized carbons (Fsp3) is 0.900. The normalized spacial score (nSPS) is 12.6. The van der Waals surface area contributed by atoms with Crippen LogP contribution in [0.25, 0.3) is 0 Å². The number of hydrogen-bond donors (Lipinski definition) is 1. The Morgan fingerprint density at radius 1 is 1.57 bits per heavy atom. The molecule has 0 rings (SSSR count). The summed E-state index contributed by atoms with van der Waals surface area (Å²) in [4.78, 5) is 13.4. The third kappa shape index (κ3) is 4.58. The van der Waals surface area contributed by atoms with Gasteiger partial charge in [0.15, 0.2) is 0 Å². The Labute approximate surface area is 85.9 Å². The molecule has 4 nitrogen and oxygen atoms in total. The number of hydrogen-bond acceptors (Lipinski definition) is 3. The highest BCUT2D eigenvalue weighted by atomic mass is 16.5. The first-order valence-corrected chi connectivity index (χ1v) is 5.06. The molecule has 4 heteroatoms. The summed E-state index contributed by atoms with van der Waals surface area (Å²) in [7, 11) is 1.63. The second-order valence-electron chi connectivity index (χ2n) is 3.31. The molecule has 0 aliphatic heterocycles. The Morgan fingerprint density at radius 2 is 2.21 bits per heavy atom. The summed E-state index contributed by atoms with van der Waals surface area (Å²) < 4.78 is 5.00. The molecule has 1 N–H and O–H groups in total. The van der Waals surface area contributed by atoms with E-state index in [1.165, 1.54) is 0 Å². The summed E-state index contributed by atoms with van der Waals surface area (Å²) in [5.74, 6) is 0.0890. The van der Waals surface area contributed by atoms with E-state index in [0.717, 1.165) is 0 Å². The zero-order valence-corrected chi connectivity index (χ0v) is 9.32. The van der Waals surface area contributed by atoms with Crippen LogP contribution in [0.5, 0.6) is 0 Å². The number of nitrogens with zero attached hydrogens (tertiary/aromatic N) is 1. The van der Waals surface area contributed by atoms with Gasteiger partial charge in [-0.1, -0.05) is 0 Å². The largest absolute Gasteiger partial charge is 0.396 e. The van der Waals surface area contributed by atoms with Crippen molar-refractivity contribution in [1.29, 1.82) is 0 Å². The van der Waals surface area contributed by atoms with Gasteiger partial charge in [-0.15, -0.1) is 0 Å². The Balaban J connectivity index is 4.03. The molecule has 14 heavy (non-hydrogen) atoms. The summed E-state index contributed by atoms with van der Waals surface area (Å²) in [6.45, 7) is 5.22. The lowest BCUT2D eigenvalue weighted by molar-refractivity contribution is -0.134. The topological polar surface area (TPSA) is 49.8 Å². The van der Waals surface area contributed by atoms with Crippen LogP contribution < -0.4 is 0 Å². The highest BCUT2D eigenvalue weighted by Crippen LogP contribution is 2.04. The van der Waals surface area contributed by atoms with Gasteiger partial charge in [0, 0.05) is 26.7 Å². The predicted octanol–water partition coefficient (Wildman–Crippen LogP) is 0.642. The first-order valence-electron chi connectivity index (χ1n) is 5.06. The standard InChI is InChI=1S/C10H21NO3/c1-4-11(9(2)8-14-3)10(13)6-5-7-12/h9,12H,4-8H2,1-3H3. The molecule has 1 amide bonds. The van der Waals surface area contributed by atoms with E-state index in [-0.39, 0.29) is 18.6 Å². The highest BCUT2D eigenvalue weighted by Gasteiger charge is 2.17. The number of amides is 1. The molecule has 0 heterocycles. The van der Waals surface area contributed by atoms with Gasteiger partial charge in [-0.2, -0.15) is 0 Å². The molecule has 0 aliphatic carbocycles. The van der Waals surface area contributed by atoms with Crippen LogP contribution >= 0.6 is 0 Å². The number of likely N-dealkylation sites (N-methyl/N-ethyl adjacent to an activating group) is 1. The van der Waals surface area contributed by atoms with Crippen molar-refractivity contribution >= 4 is 5.91 Å². The van der Waals surface area contributed by atoms with Crippen molar-refractivity contribution in [2.45, 2.75) is 32.7 Å². The minimum Gasteiger partial charge on any atom is -0.396 e. The number of rotatable bonds is 7. The molecule has 1 atom stereocenters. The summed E-state index contributed by atoms with van der Waals surface area (Å²) in [5, 5.41) is 8.62. The molecule has 0 aromatic rings. The number of aliphatic hydroxyl groups is 1. The molecule has 0 bridgehead atoms. The molecule has 0 aliphatic rings. The molecule has 84 valence electrons. The van der Waals surface area contributed by atoms with Crippen molar-refractivity contribution in [3.8, 4) is 0 Å². The second kappa shape index (κ2) is 7.76. The van der Waals surface area contributed by atoms with Crippen molar-refractivity contribution in [2.24, 2.45) is 0 Å². The fourth-order valence-corrected chi connectivity index (χ4v) is 1.44. The van der Waals surface area contributed by atoms with Gasteiger partial charge in [-0.05, 0) is 20.3 Å². The molecule has 0 aromatic heterocycles. The van der Waals surface area contributed by atoms with Crippen LogP contribution in [0.15, 0.2) is 0 Å². The van der Waals surface area contributed by atoms with Gasteiger partial charge >= 0.3 is 0 Å². The average molecular weight is 203 g/mol. The molecular formula is C10H21NO3. The first-order chi connectivity index (χ1) is 6.67. The zero-order valence-electron chi connectivity index (χ0n) is 9.32. The van der Waals surface area contributed by atoms with Crippen LogP contribution in [0.1, 0.15) is 26.7 Å². The van der Waals surface area contributed by atoms with Crippen LogP contribution in [0.2, 0.25) is 0 Å². The molecule has 1 unspecified atom stereocenters. The van der Waals surface area contributed by atoms with Crippen LogP contribution in [0, 0.1) is 0 Å². The average Bonchev–Trinajstić information content (AvgIpc) is 2.16. The lowest BCUT2D eigenvalue weighted by atomic mass is 10.2. The lowest BCUT2D eigenvalue weighted by Gasteiger charge is -2.27. The van der Waals surface area contributed by atoms with Crippen molar-refractivity contribution in [1.82, 2.24) is 4.90 Å². The van der Waals surface area contributed by atoms with E-state index < -0.39 is 0 Å². The highest BCUT2D eigenvalue weighted by molar-refractivity contribution is 5.76. The number of ether oxygens (including phenoxy) is 1. The van der Waals surface area contributed by atoms with Crippen LogP contribution in [-0.4, -0.2) is 48.8 Å². The van der Waals surface area contributed by atoms with Gasteiger partial charge in [0.2, 0.25) is 5.91 Å². The second-order valence-corrected chi connectivity index (χ2v) is 3.31. The maximum absolute atomic E-state index is 11.6. The van der Waals surface area contributed by atoms with Gasteiger partial charge in [0.1, 0.15) is 0 Å². The van der Waals surface area contributed by atoms with E-state index in [2.05, 4.69) is 0 Å².